The number of aliphatic hydroxyl groups excluding tert-OH is 1. The molecule has 0 aliphatic carbocycles. The van der Waals surface area contributed by atoms with E-state index in [0.717, 1.165) is 24.7 Å². The van der Waals surface area contributed by atoms with Crippen LogP contribution in [0.5, 0.6) is 0 Å². The van der Waals surface area contributed by atoms with Gasteiger partial charge in [-0.25, -0.2) is 4.79 Å². The van der Waals surface area contributed by atoms with E-state index in [-0.39, 0.29) is 5.76 Å². The van der Waals surface area contributed by atoms with Gasteiger partial charge in [0.25, 0.3) is 6.26 Å². The van der Waals surface area contributed by atoms with E-state index in [9.17, 15) is 9.90 Å². The molecule has 1 fully saturated rings. The van der Waals surface area contributed by atoms with Crippen LogP contribution in [0.2, 0.25) is 0 Å². The lowest BCUT2D eigenvalue weighted by Crippen LogP contribution is -2.22. The molecule has 0 amide bonds. The topological polar surface area (TPSA) is 73.6 Å². The molecule has 0 unspecified atom stereocenters. The minimum atomic E-state index is -0.740. The highest BCUT2D eigenvalue weighted by Gasteiger charge is 2.13. The highest BCUT2D eigenvalue weighted by Crippen LogP contribution is 2.15. The molecular formula is C16H20N2O3. The molecule has 21 heavy (non-hydrogen) atoms. The predicted molar refractivity (Wildman–Crippen MR) is 80.1 cm³/mol. The van der Waals surface area contributed by atoms with Crippen LogP contribution in [0.25, 0.3) is 0 Å². The van der Waals surface area contributed by atoms with E-state index < -0.39 is 5.97 Å². The van der Waals surface area contributed by atoms with E-state index in [0.29, 0.717) is 12.1 Å². The van der Waals surface area contributed by atoms with Gasteiger partial charge in [0.15, 0.2) is 0 Å². The van der Waals surface area contributed by atoms with Crippen LogP contribution in [-0.4, -0.2) is 35.6 Å². The molecule has 0 spiro atoms. The molecule has 0 aromatic carbocycles. The SMILES string of the molecule is C=CC(/C=C/C(=O)OC#N)=C\C(CN1CCCC1)=C(/C)O. The van der Waals surface area contributed by atoms with E-state index in [1.54, 1.807) is 19.1 Å². The van der Waals surface area contributed by atoms with Crippen LogP contribution in [0.15, 0.2) is 47.8 Å². The summed E-state index contributed by atoms with van der Waals surface area (Å²) in [6.07, 6.45) is 9.66. The Bertz CT molecular complexity index is 514. The molecule has 0 atom stereocenters. The zero-order valence-corrected chi connectivity index (χ0v) is 12.2. The van der Waals surface area contributed by atoms with Gasteiger partial charge in [0.05, 0.1) is 5.76 Å². The second-order valence-electron chi connectivity index (χ2n) is 4.79. The zero-order chi connectivity index (χ0) is 15.7. The van der Waals surface area contributed by atoms with Gasteiger partial charge in [-0.3, -0.25) is 4.90 Å². The molecule has 5 nitrogen and oxygen atoms in total. The number of ether oxygens (including phenoxy) is 1. The first kappa shape index (κ1) is 16.7. The van der Waals surface area contributed by atoms with Gasteiger partial charge in [0.2, 0.25) is 0 Å². The molecule has 0 aromatic heterocycles. The standard InChI is InChI=1S/C16H20N2O3/c1-3-14(6-7-16(20)21-12-17)10-15(13(2)19)11-18-8-4-5-9-18/h3,6-7,10,19H,1,4-5,8-9,11H2,2H3/b7-6+,14-10+,15-13-. The minimum Gasteiger partial charge on any atom is -0.512 e. The summed E-state index contributed by atoms with van der Waals surface area (Å²) in [5.74, 6) is -0.495. The number of nitriles is 1. The van der Waals surface area contributed by atoms with E-state index in [1.807, 2.05) is 0 Å². The molecule has 0 aromatic rings. The van der Waals surface area contributed by atoms with Crippen molar-refractivity contribution in [3.63, 3.8) is 0 Å². The van der Waals surface area contributed by atoms with Gasteiger partial charge in [0.1, 0.15) is 0 Å². The van der Waals surface area contributed by atoms with Crippen molar-refractivity contribution < 1.29 is 14.6 Å². The van der Waals surface area contributed by atoms with Gasteiger partial charge in [-0.2, -0.15) is 0 Å². The number of carbonyl (C=O) groups is 1. The first-order valence-corrected chi connectivity index (χ1v) is 6.80. The van der Waals surface area contributed by atoms with Gasteiger partial charge in [-0.15, -0.1) is 5.26 Å². The summed E-state index contributed by atoms with van der Waals surface area (Å²) in [4.78, 5) is 13.4. The maximum atomic E-state index is 11.1. The number of nitrogens with zero attached hydrogens (tertiary/aromatic N) is 2. The normalized spacial score (nSPS) is 17.4. The highest BCUT2D eigenvalue weighted by atomic mass is 16.5. The summed E-state index contributed by atoms with van der Waals surface area (Å²) in [5, 5.41) is 18.0. The fourth-order valence-electron chi connectivity index (χ4n) is 2.07. The third kappa shape index (κ3) is 6.11. The lowest BCUT2D eigenvalue weighted by atomic mass is 10.1. The Kier molecular flexibility index (Phi) is 6.99. The quantitative estimate of drug-likeness (QED) is 0.267. The Morgan fingerprint density at radius 1 is 1.43 bits per heavy atom. The van der Waals surface area contributed by atoms with Crippen molar-refractivity contribution in [3.8, 4) is 6.26 Å². The Morgan fingerprint density at radius 3 is 2.62 bits per heavy atom. The van der Waals surface area contributed by atoms with Crippen molar-refractivity contribution in [2.45, 2.75) is 19.8 Å². The van der Waals surface area contributed by atoms with Gasteiger partial charge in [0, 0.05) is 18.2 Å². The predicted octanol–water partition coefficient (Wildman–Crippen LogP) is 2.61. The summed E-state index contributed by atoms with van der Waals surface area (Å²) in [6, 6.07) is 0. The molecular weight excluding hydrogens is 268 g/mol. The Hall–Kier alpha value is -2.32. The number of allylic oxidation sites excluding steroid dienone is 4. The molecule has 0 bridgehead atoms. The minimum absolute atomic E-state index is 0.245. The van der Waals surface area contributed by atoms with E-state index in [1.165, 1.54) is 25.2 Å². The largest absolute Gasteiger partial charge is 0.512 e. The number of aliphatic hydroxyl groups is 1. The lowest BCUT2D eigenvalue weighted by Gasteiger charge is -2.16. The number of likely N-dealkylation sites (tertiary alicyclic amines) is 1. The summed E-state index contributed by atoms with van der Waals surface area (Å²) in [5.41, 5.74) is 1.44. The zero-order valence-electron chi connectivity index (χ0n) is 12.2. The molecule has 1 heterocycles. The monoisotopic (exact) mass is 288 g/mol. The van der Waals surface area contributed by atoms with Crippen LogP contribution in [0.1, 0.15) is 19.8 Å². The molecule has 1 saturated heterocycles. The van der Waals surface area contributed by atoms with Crippen LogP contribution < -0.4 is 0 Å². The summed E-state index contributed by atoms with van der Waals surface area (Å²) in [7, 11) is 0. The van der Waals surface area contributed by atoms with Crippen molar-refractivity contribution >= 4 is 5.97 Å². The Morgan fingerprint density at radius 2 is 2.10 bits per heavy atom. The van der Waals surface area contributed by atoms with E-state index in [2.05, 4.69) is 16.2 Å². The number of hydrogen-bond acceptors (Lipinski definition) is 5. The van der Waals surface area contributed by atoms with Crippen molar-refractivity contribution in [1.82, 2.24) is 4.90 Å². The number of rotatable bonds is 6. The lowest BCUT2D eigenvalue weighted by molar-refractivity contribution is -0.131. The molecule has 1 N–H and O–H groups in total. The maximum absolute atomic E-state index is 11.1. The number of hydrogen-bond donors (Lipinski definition) is 1. The van der Waals surface area contributed by atoms with Gasteiger partial charge in [-0.05, 0) is 50.6 Å². The van der Waals surface area contributed by atoms with Crippen molar-refractivity contribution in [1.29, 1.82) is 5.26 Å². The molecule has 112 valence electrons. The highest BCUT2D eigenvalue weighted by molar-refractivity contribution is 5.83. The van der Waals surface area contributed by atoms with Gasteiger partial charge < -0.3 is 9.84 Å². The molecule has 0 radical (unpaired) electrons. The van der Waals surface area contributed by atoms with E-state index >= 15 is 0 Å². The Balaban J connectivity index is 2.81. The van der Waals surface area contributed by atoms with Gasteiger partial charge >= 0.3 is 5.97 Å². The second kappa shape index (κ2) is 8.77. The van der Waals surface area contributed by atoms with Crippen molar-refractivity contribution in [3.05, 3.63) is 47.8 Å². The first-order valence-electron chi connectivity index (χ1n) is 6.80. The fourth-order valence-corrected chi connectivity index (χ4v) is 2.07. The van der Waals surface area contributed by atoms with Gasteiger partial charge in [-0.1, -0.05) is 12.7 Å². The molecule has 5 heteroatoms. The fraction of sp³-hybridized carbons (Fsp3) is 0.375. The molecule has 1 aliphatic rings. The molecule has 0 saturated carbocycles. The first-order chi connectivity index (χ1) is 10.1. The molecule has 1 aliphatic heterocycles. The summed E-state index contributed by atoms with van der Waals surface area (Å²) < 4.78 is 4.15. The number of esters is 1. The van der Waals surface area contributed by atoms with Crippen molar-refractivity contribution in [2.24, 2.45) is 0 Å². The maximum Gasteiger partial charge on any atom is 0.346 e. The third-order valence-corrected chi connectivity index (χ3v) is 3.19. The van der Waals surface area contributed by atoms with Crippen LogP contribution in [0.4, 0.5) is 0 Å². The average Bonchev–Trinajstić information content (AvgIpc) is 2.95. The van der Waals surface area contributed by atoms with Crippen LogP contribution in [-0.2, 0) is 9.53 Å². The Labute approximate surface area is 125 Å². The van der Waals surface area contributed by atoms with Crippen LogP contribution in [0.3, 0.4) is 0 Å². The number of carbonyl (C=O) groups excluding carboxylic acids is 1. The van der Waals surface area contributed by atoms with Crippen molar-refractivity contribution in [2.75, 3.05) is 19.6 Å². The second-order valence-corrected chi connectivity index (χ2v) is 4.79. The van der Waals surface area contributed by atoms with Crippen LogP contribution >= 0.6 is 0 Å². The smallest absolute Gasteiger partial charge is 0.346 e. The van der Waals surface area contributed by atoms with Crippen LogP contribution in [0, 0.1) is 11.5 Å². The summed E-state index contributed by atoms with van der Waals surface area (Å²) in [6.45, 7) is 8.03. The summed E-state index contributed by atoms with van der Waals surface area (Å²) >= 11 is 0. The molecule has 1 rings (SSSR count). The average molecular weight is 288 g/mol. The van der Waals surface area contributed by atoms with E-state index in [4.69, 9.17) is 5.26 Å². The third-order valence-electron chi connectivity index (χ3n) is 3.19.